The first-order chi connectivity index (χ1) is 9.09. The fourth-order valence-corrected chi connectivity index (χ4v) is 2.61. The van der Waals surface area contributed by atoms with Gasteiger partial charge in [0.1, 0.15) is 5.69 Å². The molecule has 0 saturated heterocycles. The Hall–Kier alpha value is -1.91. The number of hydrogen-bond donors (Lipinski definition) is 2. The topological polar surface area (TPSA) is 79.3 Å². The van der Waals surface area contributed by atoms with E-state index in [-0.39, 0.29) is 17.3 Å². The maximum Gasteiger partial charge on any atom is 0.338 e. The summed E-state index contributed by atoms with van der Waals surface area (Å²) >= 11 is 0. The molecule has 1 fully saturated rings. The van der Waals surface area contributed by atoms with Crippen molar-refractivity contribution in [2.45, 2.75) is 38.6 Å². The molecule has 1 aromatic heterocycles. The first kappa shape index (κ1) is 13.5. The molecule has 1 atom stereocenters. The van der Waals surface area contributed by atoms with Gasteiger partial charge in [-0.3, -0.25) is 9.78 Å². The molecule has 1 aromatic rings. The van der Waals surface area contributed by atoms with Crippen LogP contribution in [0.1, 0.15) is 53.5 Å². The molecule has 1 heterocycles. The van der Waals surface area contributed by atoms with E-state index >= 15 is 0 Å². The van der Waals surface area contributed by atoms with Crippen LogP contribution in [0.25, 0.3) is 0 Å². The van der Waals surface area contributed by atoms with Gasteiger partial charge in [0.15, 0.2) is 0 Å². The lowest BCUT2D eigenvalue weighted by atomic mass is 9.99. The fourth-order valence-electron chi connectivity index (χ4n) is 2.61. The van der Waals surface area contributed by atoms with Gasteiger partial charge in [-0.05, 0) is 37.8 Å². The van der Waals surface area contributed by atoms with E-state index in [4.69, 9.17) is 5.11 Å². The molecule has 2 rings (SSSR count). The maximum absolute atomic E-state index is 12.1. The van der Waals surface area contributed by atoms with Gasteiger partial charge in [0, 0.05) is 12.2 Å². The highest BCUT2D eigenvalue weighted by Crippen LogP contribution is 2.27. The van der Waals surface area contributed by atoms with E-state index in [1.54, 1.807) is 0 Å². The van der Waals surface area contributed by atoms with E-state index in [1.165, 1.54) is 31.2 Å². The first-order valence-corrected chi connectivity index (χ1v) is 6.58. The van der Waals surface area contributed by atoms with Crippen LogP contribution in [0.3, 0.4) is 0 Å². The van der Waals surface area contributed by atoms with Crippen LogP contribution in [0.15, 0.2) is 18.3 Å². The molecule has 19 heavy (non-hydrogen) atoms. The molecule has 1 amide bonds. The second kappa shape index (κ2) is 5.82. The lowest BCUT2D eigenvalue weighted by Crippen LogP contribution is -2.38. The number of amides is 1. The Kier molecular flexibility index (Phi) is 4.14. The van der Waals surface area contributed by atoms with Gasteiger partial charge in [0.2, 0.25) is 0 Å². The van der Waals surface area contributed by atoms with E-state index in [9.17, 15) is 9.59 Å². The minimum atomic E-state index is -1.13. The molecule has 1 saturated carbocycles. The predicted molar refractivity (Wildman–Crippen MR) is 70.1 cm³/mol. The van der Waals surface area contributed by atoms with E-state index in [0.717, 1.165) is 12.8 Å². The van der Waals surface area contributed by atoms with Gasteiger partial charge in [-0.2, -0.15) is 0 Å². The average Bonchev–Trinajstić information content (AvgIpc) is 2.92. The smallest absolute Gasteiger partial charge is 0.338 e. The standard InChI is InChI=1S/C14H18N2O3/c1-9(10-5-2-3-6-10)16-13(17)12-11(14(18)19)7-4-8-15-12/h4,7-10H,2-3,5-6H2,1H3,(H,16,17)(H,18,19)/t9-/m0/s1. The zero-order chi connectivity index (χ0) is 13.8. The molecule has 0 unspecified atom stereocenters. The van der Waals surface area contributed by atoms with Crippen molar-refractivity contribution in [1.82, 2.24) is 10.3 Å². The molecular weight excluding hydrogens is 244 g/mol. The highest BCUT2D eigenvalue weighted by atomic mass is 16.4. The molecule has 0 bridgehead atoms. The summed E-state index contributed by atoms with van der Waals surface area (Å²) in [5, 5.41) is 11.9. The van der Waals surface area contributed by atoms with Crippen LogP contribution in [0.5, 0.6) is 0 Å². The van der Waals surface area contributed by atoms with Crippen molar-refractivity contribution in [3.8, 4) is 0 Å². The zero-order valence-electron chi connectivity index (χ0n) is 10.9. The lowest BCUT2D eigenvalue weighted by molar-refractivity contribution is 0.0689. The highest BCUT2D eigenvalue weighted by Gasteiger charge is 2.25. The number of carboxylic acid groups (broad SMARTS) is 1. The number of carbonyl (C=O) groups excluding carboxylic acids is 1. The van der Waals surface area contributed by atoms with Crippen LogP contribution in [-0.4, -0.2) is 28.0 Å². The number of hydrogen-bond acceptors (Lipinski definition) is 3. The Balaban J connectivity index is 2.09. The Bertz CT molecular complexity index is 481. The third-order valence-corrected chi connectivity index (χ3v) is 3.72. The molecule has 2 N–H and O–H groups in total. The van der Waals surface area contributed by atoms with E-state index in [2.05, 4.69) is 10.3 Å². The number of aromatic nitrogens is 1. The molecule has 1 aliphatic rings. The fraction of sp³-hybridized carbons (Fsp3) is 0.500. The Morgan fingerprint density at radius 2 is 2.11 bits per heavy atom. The summed E-state index contributed by atoms with van der Waals surface area (Å²) in [6.07, 6.45) is 6.08. The quantitative estimate of drug-likeness (QED) is 0.870. The van der Waals surface area contributed by atoms with Crippen LogP contribution in [-0.2, 0) is 0 Å². The average molecular weight is 262 g/mol. The number of rotatable bonds is 4. The third kappa shape index (κ3) is 3.10. The normalized spacial score (nSPS) is 17.1. The lowest BCUT2D eigenvalue weighted by Gasteiger charge is -2.20. The van der Waals surface area contributed by atoms with Crippen molar-refractivity contribution in [2.24, 2.45) is 5.92 Å². The minimum Gasteiger partial charge on any atom is -0.478 e. The number of nitrogens with zero attached hydrogens (tertiary/aromatic N) is 1. The molecule has 102 valence electrons. The van der Waals surface area contributed by atoms with Gasteiger partial charge >= 0.3 is 5.97 Å². The van der Waals surface area contributed by atoms with Crippen molar-refractivity contribution in [3.05, 3.63) is 29.6 Å². The molecule has 5 nitrogen and oxygen atoms in total. The van der Waals surface area contributed by atoms with E-state index in [1.807, 2.05) is 6.92 Å². The van der Waals surface area contributed by atoms with Crippen molar-refractivity contribution in [1.29, 1.82) is 0 Å². The molecule has 1 aliphatic carbocycles. The minimum absolute atomic E-state index is 0.0140. The maximum atomic E-state index is 12.1. The molecule has 5 heteroatoms. The molecule has 0 aromatic carbocycles. The van der Waals surface area contributed by atoms with Gasteiger partial charge in [-0.15, -0.1) is 0 Å². The summed E-state index contributed by atoms with van der Waals surface area (Å²) in [5.74, 6) is -1.05. The van der Waals surface area contributed by atoms with Crippen molar-refractivity contribution >= 4 is 11.9 Å². The predicted octanol–water partition coefficient (Wildman–Crippen LogP) is 2.09. The molecular formula is C14H18N2O3. The van der Waals surface area contributed by atoms with Crippen LogP contribution in [0.4, 0.5) is 0 Å². The summed E-state index contributed by atoms with van der Waals surface area (Å²) in [4.78, 5) is 27.0. The van der Waals surface area contributed by atoms with Gasteiger partial charge in [0.05, 0.1) is 5.56 Å². The SMILES string of the molecule is C[C@H](NC(=O)c1ncccc1C(=O)O)C1CCCC1. The van der Waals surface area contributed by atoms with Crippen LogP contribution >= 0.6 is 0 Å². The monoisotopic (exact) mass is 262 g/mol. The van der Waals surface area contributed by atoms with Crippen molar-refractivity contribution < 1.29 is 14.7 Å². The first-order valence-electron chi connectivity index (χ1n) is 6.58. The van der Waals surface area contributed by atoms with Gasteiger partial charge in [-0.1, -0.05) is 12.8 Å². The van der Waals surface area contributed by atoms with Crippen LogP contribution in [0, 0.1) is 5.92 Å². The third-order valence-electron chi connectivity index (χ3n) is 3.72. The number of nitrogens with one attached hydrogen (secondary N) is 1. The Morgan fingerprint density at radius 3 is 2.74 bits per heavy atom. The number of aromatic carboxylic acids is 1. The Morgan fingerprint density at radius 1 is 1.42 bits per heavy atom. The second-order valence-corrected chi connectivity index (χ2v) is 5.01. The van der Waals surface area contributed by atoms with E-state index < -0.39 is 11.9 Å². The summed E-state index contributed by atoms with van der Waals surface area (Å²) < 4.78 is 0. The molecule has 0 radical (unpaired) electrons. The van der Waals surface area contributed by atoms with Crippen molar-refractivity contribution in [3.63, 3.8) is 0 Å². The van der Waals surface area contributed by atoms with E-state index in [0.29, 0.717) is 5.92 Å². The largest absolute Gasteiger partial charge is 0.478 e. The highest BCUT2D eigenvalue weighted by molar-refractivity contribution is 6.03. The molecule has 0 spiro atoms. The molecule has 0 aliphatic heterocycles. The summed E-state index contributed by atoms with van der Waals surface area (Å²) in [5.41, 5.74) is -0.0709. The Labute approximate surface area is 112 Å². The van der Waals surface area contributed by atoms with Gasteiger partial charge in [0.25, 0.3) is 5.91 Å². The number of pyridine rings is 1. The van der Waals surface area contributed by atoms with Crippen LogP contribution in [0.2, 0.25) is 0 Å². The van der Waals surface area contributed by atoms with Crippen molar-refractivity contribution in [2.75, 3.05) is 0 Å². The van der Waals surface area contributed by atoms with Gasteiger partial charge < -0.3 is 10.4 Å². The van der Waals surface area contributed by atoms with Crippen LogP contribution < -0.4 is 5.32 Å². The number of carboxylic acids is 1. The summed E-state index contributed by atoms with van der Waals surface area (Å²) in [7, 11) is 0. The zero-order valence-corrected chi connectivity index (χ0v) is 10.9. The number of carbonyl (C=O) groups is 2. The van der Waals surface area contributed by atoms with Gasteiger partial charge in [-0.25, -0.2) is 4.79 Å². The second-order valence-electron chi connectivity index (χ2n) is 5.01. The summed E-state index contributed by atoms with van der Waals surface area (Å²) in [6, 6.07) is 2.96. The summed E-state index contributed by atoms with van der Waals surface area (Å²) in [6.45, 7) is 1.97.